The Morgan fingerprint density at radius 1 is 1.65 bits per heavy atom. The number of ether oxygens (including phenoxy) is 1. The summed E-state index contributed by atoms with van der Waals surface area (Å²) in [4.78, 5) is 19.6. The van der Waals surface area contributed by atoms with Crippen LogP contribution in [0.2, 0.25) is 0 Å². The fourth-order valence-corrected chi connectivity index (χ4v) is 2.20. The molecule has 1 amide bonds. The minimum Gasteiger partial charge on any atom is -0.394 e. The molecule has 1 rings (SSSR count). The van der Waals surface area contributed by atoms with Gasteiger partial charge in [0.25, 0.3) is 0 Å². The molecule has 0 aromatic heterocycles. The average Bonchev–Trinajstić information content (AvgIpc) is 2.23. The Hall–Kier alpha value is -0.500. The van der Waals surface area contributed by atoms with E-state index in [2.05, 4.69) is 9.84 Å². The van der Waals surface area contributed by atoms with E-state index in [0.717, 1.165) is 0 Å². The standard InChI is InChI=1S/C8H16NO7P/c1-4(11)9-5-3-15-6(2-10)8(7(5)12)16-17(13)14/h5-8,10,12,17H,2-3H2,1H3,(H,9,11)(H,13,14). The first-order chi connectivity index (χ1) is 7.95. The van der Waals surface area contributed by atoms with Gasteiger partial charge in [-0.25, -0.2) is 0 Å². The summed E-state index contributed by atoms with van der Waals surface area (Å²) in [5.41, 5.74) is 0. The molecule has 4 N–H and O–H groups in total. The van der Waals surface area contributed by atoms with E-state index >= 15 is 0 Å². The minimum atomic E-state index is -3.27. The summed E-state index contributed by atoms with van der Waals surface area (Å²) in [5.74, 6) is -0.365. The van der Waals surface area contributed by atoms with Crippen molar-refractivity contribution in [2.45, 2.75) is 31.3 Å². The van der Waals surface area contributed by atoms with Crippen LogP contribution in [0.15, 0.2) is 0 Å². The molecule has 0 aliphatic carbocycles. The number of amides is 1. The molecular weight excluding hydrogens is 253 g/mol. The second-order valence-electron chi connectivity index (χ2n) is 3.70. The number of nitrogens with one attached hydrogen (secondary N) is 1. The molecule has 5 atom stereocenters. The molecule has 5 unspecified atom stereocenters. The Morgan fingerprint density at radius 3 is 2.76 bits per heavy atom. The summed E-state index contributed by atoms with van der Waals surface area (Å²) >= 11 is 0. The highest BCUT2D eigenvalue weighted by molar-refractivity contribution is 7.32. The second-order valence-corrected chi connectivity index (χ2v) is 4.47. The number of carbonyl (C=O) groups is 1. The maximum absolute atomic E-state index is 10.9. The van der Waals surface area contributed by atoms with Gasteiger partial charge in [-0.1, -0.05) is 0 Å². The van der Waals surface area contributed by atoms with Gasteiger partial charge >= 0.3 is 8.25 Å². The number of aliphatic hydroxyl groups excluding tert-OH is 2. The number of carbonyl (C=O) groups excluding carboxylic acids is 1. The van der Waals surface area contributed by atoms with Crippen LogP contribution in [0.1, 0.15) is 6.92 Å². The van der Waals surface area contributed by atoms with Gasteiger partial charge in [0, 0.05) is 6.92 Å². The van der Waals surface area contributed by atoms with E-state index in [1.807, 2.05) is 0 Å². The number of hydrogen-bond acceptors (Lipinski definition) is 6. The topological polar surface area (TPSA) is 125 Å². The van der Waals surface area contributed by atoms with Gasteiger partial charge < -0.3 is 29.7 Å². The zero-order chi connectivity index (χ0) is 13.0. The predicted molar refractivity (Wildman–Crippen MR) is 56.5 cm³/mol. The van der Waals surface area contributed by atoms with Gasteiger partial charge in [-0.3, -0.25) is 9.36 Å². The zero-order valence-electron chi connectivity index (χ0n) is 9.20. The van der Waals surface area contributed by atoms with Gasteiger partial charge in [-0.15, -0.1) is 0 Å². The molecule has 17 heavy (non-hydrogen) atoms. The van der Waals surface area contributed by atoms with Gasteiger partial charge in [0.05, 0.1) is 19.3 Å². The SMILES string of the molecule is CC(=O)NC1COC(CO)C(O[PH](=O)O)C1O. The summed E-state index contributed by atoms with van der Waals surface area (Å²) in [6.07, 6.45) is -3.26. The van der Waals surface area contributed by atoms with Crippen LogP contribution < -0.4 is 5.32 Å². The lowest BCUT2D eigenvalue weighted by Crippen LogP contribution is -2.60. The lowest BCUT2D eigenvalue weighted by Gasteiger charge is -2.38. The first-order valence-electron chi connectivity index (χ1n) is 5.03. The average molecular weight is 269 g/mol. The van der Waals surface area contributed by atoms with Crippen molar-refractivity contribution >= 4 is 14.2 Å². The van der Waals surface area contributed by atoms with E-state index in [4.69, 9.17) is 14.7 Å². The van der Waals surface area contributed by atoms with Crippen LogP contribution in [0.5, 0.6) is 0 Å². The molecule has 0 aromatic rings. The quantitative estimate of drug-likeness (QED) is 0.435. The number of rotatable bonds is 4. The highest BCUT2D eigenvalue weighted by Crippen LogP contribution is 2.27. The molecular formula is C8H16NO7P. The molecule has 1 fully saturated rings. The molecule has 100 valence electrons. The molecule has 1 heterocycles. The molecule has 1 aliphatic rings. The Bertz CT molecular complexity index is 300. The molecule has 9 heteroatoms. The molecule has 0 saturated carbocycles. The van der Waals surface area contributed by atoms with Gasteiger partial charge in [0.1, 0.15) is 18.3 Å². The maximum Gasteiger partial charge on any atom is 0.317 e. The van der Waals surface area contributed by atoms with E-state index < -0.39 is 39.2 Å². The summed E-state index contributed by atoms with van der Waals surface area (Å²) in [6.45, 7) is 0.817. The normalized spacial score (nSPS) is 35.3. The predicted octanol–water partition coefficient (Wildman–Crippen LogP) is -1.99. The summed E-state index contributed by atoms with van der Waals surface area (Å²) < 4.78 is 20.4. The van der Waals surface area contributed by atoms with Crippen LogP contribution in [-0.2, 0) is 18.6 Å². The lowest BCUT2D eigenvalue weighted by molar-refractivity contribution is -0.156. The summed E-state index contributed by atoms with van der Waals surface area (Å²) in [5, 5.41) is 21.3. The molecule has 0 aromatic carbocycles. The van der Waals surface area contributed by atoms with E-state index in [1.165, 1.54) is 6.92 Å². The Kier molecular flexibility index (Phi) is 5.51. The largest absolute Gasteiger partial charge is 0.394 e. The first kappa shape index (κ1) is 14.6. The molecule has 0 spiro atoms. The molecule has 1 saturated heterocycles. The second kappa shape index (κ2) is 6.44. The Balaban J connectivity index is 2.72. The van der Waals surface area contributed by atoms with Crippen LogP contribution >= 0.6 is 8.25 Å². The van der Waals surface area contributed by atoms with Crippen molar-refractivity contribution < 1.29 is 33.7 Å². The van der Waals surface area contributed by atoms with E-state index in [0.29, 0.717) is 0 Å². The van der Waals surface area contributed by atoms with E-state index in [-0.39, 0.29) is 12.5 Å². The van der Waals surface area contributed by atoms with Crippen molar-refractivity contribution in [1.82, 2.24) is 5.32 Å². The van der Waals surface area contributed by atoms with E-state index in [9.17, 15) is 14.5 Å². The van der Waals surface area contributed by atoms with Crippen LogP contribution in [0.3, 0.4) is 0 Å². The third kappa shape index (κ3) is 4.02. The fourth-order valence-electron chi connectivity index (χ4n) is 1.68. The van der Waals surface area contributed by atoms with Crippen molar-refractivity contribution in [2.24, 2.45) is 0 Å². The zero-order valence-corrected chi connectivity index (χ0v) is 10.2. The minimum absolute atomic E-state index is 0.00179. The van der Waals surface area contributed by atoms with Crippen molar-refractivity contribution in [3.63, 3.8) is 0 Å². The third-order valence-electron chi connectivity index (χ3n) is 2.41. The van der Waals surface area contributed by atoms with Crippen LogP contribution in [0.25, 0.3) is 0 Å². The third-order valence-corrected chi connectivity index (χ3v) is 2.88. The fraction of sp³-hybridized carbons (Fsp3) is 0.875. The van der Waals surface area contributed by atoms with Crippen molar-refractivity contribution in [3.05, 3.63) is 0 Å². The first-order valence-corrected chi connectivity index (χ1v) is 6.29. The highest BCUT2D eigenvalue weighted by atomic mass is 31.1. The molecule has 1 aliphatic heterocycles. The van der Waals surface area contributed by atoms with Crippen LogP contribution in [0.4, 0.5) is 0 Å². The number of hydrogen-bond donors (Lipinski definition) is 4. The van der Waals surface area contributed by atoms with Gasteiger partial charge in [-0.05, 0) is 0 Å². The maximum atomic E-state index is 10.9. The van der Waals surface area contributed by atoms with Crippen molar-refractivity contribution in [1.29, 1.82) is 0 Å². The summed E-state index contributed by atoms with van der Waals surface area (Å²) in [7, 11) is -3.27. The Labute approximate surface area is 98.5 Å². The van der Waals surface area contributed by atoms with Crippen LogP contribution in [0, 0.1) is 0 Å². The molecule has 0 bridgehead atoms. The summed E-state index contributed by atoms with van der Waals surface area (Å²) in [6, 6.07) is -0.735. The monoisotopic (exact) mass is 269 g/mol. The van der Waals surface area contributed by atoms with Crippen LogP contribution in [-0.4, -0.2) is 58.6 Å². The smallest absolute Gasteiger partial charge is 0.317 e. The molecule has 0 radical (unpaired) electrons. The van der Waals surface area contributed by atoms with E-state index in [1.54, 1.807) is 0 Å². The number of aliphatic hydroxyl groups is 2. The van der Waals surface area contributed by atoms with Crippen molar-refractivity contribution in [2.75, 3.05) is 13.2 Å². The van der Waals surface area contributed by atoms with Crippen molar-refractivity contribution in [3.8, 4) is 0 Å². The lowest BCUT2D eigenvalue weighted by atomic mass is 9.98. The highest BCUT2D eigenvalue weighted by Gasteiger charge is 2.41. The molecule has 8 nitrogen and oxygen atoms in total. The van der Waals surface area contributed by atoms with Gasteiger partial charge in [0.2, 0.25) is 5.91 Å². The van der Waals surface area contributed by atoms with Gasteiger partial charge in [0.15, 0.2) is 0 Å². The Morgan fingerprint density at radius 2 is 2.29 bits per heavy atom. The van der Waals surface area contributed by atoms with Gasteiger partial charge in [-0.2, -0.15) is 0 Å².